The van der Waals surface area contributed by atoms with Crippen LogP contribution in [-0.2, 0) is 4.79 Å². The van der Waals surface area contributed by atoms with Crippen molar-refractivity contribution in [1.82, 2.24) is 20.2 Å². The predicted octanol–water partition coefficient (Wildman–Crippen LogP) is 3.46. The van der Waals surface area contributed by atoms with Crippen LogP contribution in [0.5, 0.6) is 5.75 Å². The number of H-pyrrole nitrogens is 2. The monoisotopic (exact) mass is 347 g/mol. The Morgan fingerprint density at radius 1 is 1.19 bits per heavy atom. The molecule has 0 spiro atoms. The van der Waals surface area contributed by atoms with Crippen molar-refractivity contribution in [2.75, 3.05) is 12.4 Å². The first-order chi connectivity index (χ1) is 12.7. The van der Waals surface area contributed by atoms with Crippen molar-refractivity contribution in [2.24, 2.45) is 5.92 Å². The second-order valence-corrected chi connectivity index (χ2v) is 6.54. The number of nitrogens with one attached hydrogen (secondary N) is 3. The highest BCUT2D eigenvalue weighted by Crippen LogP contribution is 2.39. The van der Waals surface area contributed by atoms with E-state index in [1.165, 1.54) is 0 Å². The number of rotatable bonds is 4. The zero-order valence-corrected chi connectivity index (χ0v) is 14.2. The van der Waals surface area contributed by atoms with Crippen LogP contribution in [0, 0.1) is 5.92 Å². The first-order valence-corrected chi connectivity index (χ1v) is 8.54. The number of hydrogen-bond acceptors (Lipinski definition) is 4. The number of anilines is 1. The van der Waals surface area contributed by atoms with Crippen molar-refractivity contribution < 1.29 is 9.53 Å². The molecule has 7 nitrogen and oxygen atoms in total. The number of nitrogens with zero attached hydrogens (tertiary/aromatic N) is 2. The number of amides is 1. The summed E-state index contributed by atoms with van der Waals surface area (Å²) in [6.07, 6.45) is 5.61. The Bertz CT molecular complexity index is 1140. The first-order valence-electron chi connectivity index (χ1n) is 8.54. The van der Waals surface area contributed by atoms with E-state index < -0.39 is 0 Å². The lowest BCUT2D eigenvalue weighted by atomic mass is 10.0. The number of carbonyl (C=O) groups is 1. The summed E-state index contributed by atoms with van der Waals surface area (Å²) in [4.78, 5) is 19.7. The fourth-order valence-electron chi connectivity index (χ4n) is 3.29. The third-order valence-corrected chi connectivity index (χ3v) is 4.81. The molecule has 5 rings (SSSR count). The van der Waals surface area contributed by atoms with Crippen LogP contribution in [0.15, 0.2) is 36.7 Å². The molecule has 1 amide bonds. The molecule has 130 valence electrons. The van der Waals surface area contributed by atoms with Gasteiger partial charge in [-0.25, -0.2) is 4.98 Å². The molecule has 1 aliphatic carbocycles. The SMILES string of the molecule is COc1c(-c2c[nH]c3nc(NC(=O)C4CC4)ccc23)ccc2[nH]ncc12. The Kier molecular flexibility index (Phi) is 3.21. The maximum absolute atomic E-state index is 11.9. The summed E-state index contributed by atoms with van der Waals surface area (Å²) < 4.78 is 5.65. The van der Waals surface area contributed by atoms with Gasteiger partial charge in [0.1, 0.15) is 17.2 Å². The van der Waals surface area contributed by atoms with Crippen LogP contribution in [0.4, 0.5) is 5.82 Å². The van der Waals surface area contributed by atoms with Crippen LogP contribution in [0.3, 0.4) is 0 Å². The molecule has 1 saturated carbocycles. The van der Waals surface area contributed by atoms with E-state index in [0.717, 1.165) is 51.7 Å². The molecule has 3 heterocycles. The van der Waals surface area contributed by atoms with Crippen molar-refractivity contribution in [1.29, 1.82) is 0 Å². The number of pyridine rings is 1. The molecule has 0 atom stereocenters. The normalized spacial score (nSPS) is 14.0. The third-order valence-electron chi connectivity index (χ3n) is 4.81. The summed E-state index contributed by atoms with van der Waals surface area (Å²) in [6, 6.07) is 7.79. The summed E-state index contributed by atoms with van der Waals surface area (Å²) in [5.74, 6) is 1.54. The standard InChI is InChI=1S/C19H17N5O2/c1-26-17-11(4-6-15-14(17)9-21-24-15)13-8-20-18-12(13)5-7-16(22-18)23-19(25)10-2-3-10/h4-10H,2-3H2,1H3,(H,21,24)(H2,20,22,23,25). The maximum atomic E-state index is 11.9. The van der Waals surface area contributed by atoms with Gasteiger partial charge in [-0.1, -0.05) is 0 Å². The second-order valence-electron chi connectivity index (χ2n) is 6.54. The Morgan fingerprint density at radius 3 is 2.88 bits per heavy atom. The number of aromatic amines is 2. The molecule has 1 fully saturated rings. The van der Waals surface area contributed by atoms with Gasteiger partial charge in [-0.3, -0.25) is 9.89 Å². The lowest BCUT2D eigenvalue weighted by Crippen LogP contribution is -2.14. The molecule has 0 bridgehead atoms. The van der Waals surface area contributed by atoms with Crippen LogP contribution in [0.25, 0.3) is 33.1 Å². The van der Waals surface area contributed by atoms with Crippen molar-refractivity contribution in [3.05, 3.63) is 36.7 Å². The lowest BCUT2D eigenvalue weighted by Gasteiger charge is -2.09. The average molecular weight is 347 g/mol. The fourth-order valence-corrected chi connectivity index (χ4v) is 3.29. The van der Waals surface area contributed by atoms with E-state index in [9.17, 15) is 4.79 Å². The predicted molar refractivity (Wildman–Crippen MR) is 99.1 cm³/mol. The van der Waals surface area contributed by atoms with Gasteiger partial charge in [0.25, 0.3) is 0 Å². The van der Waals surface area contributed by atoms with Gasteiger partial charge in [0, 0.05) is 28.6 Å². The summed E-state index contributed by atoms with van der Waals surface area (Å²) >= 11 is 0. The number of aromatic nitrogens is 4. The summed E-state index contributed by atoms with van der Waals surface area (Å²) in [7, 11) is 1.66. The zero-order valence-electron chi connectivity index (χ0n) is 14.2. The van der Waals surface area contributed by atoms with Crippen LogP contribution in [0.2, 0.25) is 0 Å². The Hall–Kier alpha value is -3.35. The fraction of sp³-hybridized carbons (Fsp3) is 0.211. The molecule has 3 N–H and O–H groups in total. The largest absolute Gasteiger partial charge is 0.495 e. The highest BCUT2D eigenvalue weighted by Gasteiger charge is 2.29. The number of benzene rings is 1. The molecule has 0 radical (unpaired) electrons. The summed E-state index contributed by atoms with van der Waals surface area (Å²) in [5, 5.41) is 11.8. The minimum Gasteiger partial charge on any atom is -0.495 e. The molecule has 4 aromatic rings. The molecule has 0 aliphatic heterocycles. The second kappa shape index (κ2) is 5.59. The minimum absolute atomic E-state index is 0.0516. The van der Waals surface area contributed by atoms with E-state index in [2.05, 4.69) is 25.5 Å². The van der Waals surface area contributed by atoms with Crippen LogP contribution in [0.1, 0.15) is 12.8 Å². The smallest absolute Gasteiger partial charge is 0.228 e. The maximum Gasteiger partial charge on any atom is 0.228 e. The van der Waals surface area contributed by atoms with Gasteiger partial charge in [0.2, 0.25) is 5.91 Å². The van der Waals surface area contributed by atoms with Gasteiger partial charge in [0.15, 0.2) is 0 Å². The van der Waals surface area contributed by atoms with Gasteiger partial charge >= 0.3 is 0 Å². The third kappa shape index (κ3) is 2.32. The summed E-state index contributed by atoms with van der Waals surface area (Å²) in [5.41, 5.74) is 3.60. The highest BCUT2D eigenvalue weighted by molar-refractivity contribution is 6.01. The molecule has 1 aliphatic rings. The van der Waals surface area contributed by atoms with Crippen molar-refractivity contribution in [3.63, 3.8) is 0 Å². The van der Waals surface area contributed by atoms with Gasteiger partial charge in [-0.15, -0.1) is 0 Å². The quantitative estimate of drug-likeness (QED) is 0.527. The Morgan fingerprint density at radius 2 is 2.08 bits per heavy atom. The van der Waals surface area contributed by atoms with E-state index in [0.29, 0.717) is 5.82 Å². The molecule has 26 heavy (non-hydrogen) atoms. The zero-order chi connectivity index (χ0) is 17.7. The van der Waals surface area contributed by atoms with Crippen LogP contribution >= 0.6 is 0 Å². The van der Waals surface area contributed by atoms with Crippen molar-refractivity contribution in [3.8, 4) is 16.9 Å². The number of methoxy groups -OCH3 is 1. The average Bonchev–Trinajstić information content (AvgIpc) is 3.26. The topological polar surface area (TPSA) is 95.7 Å². The number of fused-ring (bicyclic) bond motifs is 2. The minimum atomic E-state index is 0.0516. The van der Waals surface area contributed by atoms with Gasteiger partial charge in [0.05, 0.1) is 24.2 Å². The first kappa shape index (κ1) is 14.9. The summed E-state index contributed by atoms with van der Waals surface area (Å²) in [6.45, 7) is 0. The molecule has 0 saturated heterocycles. The Balaban J connectivity index is 1.58. The van der Waals surface area contributed by atoms with Gasteiger partial charge in [-0.05, 0) is 37.1 Å². The highest BCUT2D eigenvalue weighted by atomic mass is 16.5. The van der Waals surface area contributed by atoms with Gasteiger partial charge in [-0.2, -0.15) is 5.10 Å². The Labute approximate surface area is 148 Å². The van der Waals surface area contributed by atoms with Crippen LogP contribution < -0.4 is 10.1 Å². The van der Waals surface area contributed by atoms with Crippen molar-refractivity contribution in [2.45, 2.75) is 12.8 Å². The number of carbonyl (C=O) groups excluding carboxylic acids is 1. The molecular weight excluding hydrogens is 330 g/mol. The van der Waals surface area contributed by atoms with E-state index in [1.54, 1.807) is 13.3 Å². The van der Waals surface area contributed by atoms with E-state index in [4.69, 9.17) is 4.74 Å². The molecular formula is C19H17N5O2. The van der Waals surface area contributed by atoms with E-state index >= 15 is 0 Å². The number of hydrogen-bond donors (Lipinski definition) is 3. The molecule has 1 aromatic carbocycles. The van der Waals surface area contributed by atoms with Crippen molar-refractivity contribution >= 4 is 33.7 Å². The lowest BCUT2D eigenvalue weighted by molar-refractivity contribution is -0.117. The van der Waals surface area contributed by atoms with Crippen LogP contribution in [-0.4, -0.2) is 33.2 Å². The number of ether oxygens (including phenoxy) is 1. The molecule has 0 unspecified atom stereocenters. The van der Waals surface area contributed by atoms with E-state index in [1.807, 2.05) is 30.5 Å². The molecule has 3 aromatic heterocycles. The van der Waals surface area contributed by atoms with E-state index in [-0.39, 0.29) is 11.8 Å². The van der Waals surface area contributed by atoms with Gasteiger partial charge < -0.3 is 15.0 Å². The molecule has 7 heteroatoms.